The van der Waals surface area contributed by atoms with Crippen molar-refractivity contribution in [2.24, 2.45) is 0 Å². The normalized spacial score (nSPS) is 12.2. The minimum atomic E-state index is -3.04. The molecule has 0 aromatic carbocycles. The Morgan fingerprint density at radius 2 is 2.15 bits per heavy atom. The number of rotatable bonds is 6. The van der Waals surface area contributed by atoms with Gasteiger partial charge in [0.1, 0.15) is 0 Å². The molecule has 0 aliphatic heterocycles. The van der Waals surface area contributed by atoms with Gasteiger partial charge in [-0.1, -0.05) is 13.3 Å². The van der Waals surface area contributed by atoms with Crippen LogP contribution in [0.5, 0.6) is 0 Å². The van der Waals surface area contributed by atoms with Crippen molar-refractivity contribution in [1.29, 1.82) is 0 Å². The number of unbranched alkanes of at least 4 members (excludes halogenated alkanes) is 1. The average molecular weight is 212 g/mol. The van der Waals surface area contributed by atoms with Crippen LogP contribution in [-0.2, 0) is 18.6 Å². The summed E-state index contributed by atoms with van der Waals surface area (Å²) in [6.45, 7) is 1.68. The second-order valence-electron chi connectivity index (χ2n) is 2.12. The van der Waals surface area contributed by atoms with E-state index >= 15 is 0 Å². The second-order valence-corrected chi connectivity index (χ2v) is 2.94. The van der Waals surface area contributed by atoms with Crippen LogP contribution in [0.15, 0.2) is 0 Å². The van der Waals surface area contributed by atoms with Crippen LogP contribution < -0.4 is 0 Å². The molecule has 6 nitrogen and oxygen atoms in total. The van der Waals surface area contributed by atoms with Gasteiger partial charge >= 0.3 is 14.4 Å². The molecule has 0 aliphatic carbocycles. The molecule has 0 radical (unpaired) electrons. The van der Waals surface area contributed by atoms with Gasteiger partial charge in [0.2, 0.25) is 6.79 Å². The molecule has 78 valence electrons. The van der Waals surface area contributed by atoms with Gasteiger partial charge in [-0.2, -0.15) is 0 Å². The summed E-state index contributed by atoms with van der Waals surface area (Å²) >= 11 is 0. The van der Waals surface area contributed by atoms with E-state index in [0.29, 0.717) is 0 Å². The van der Waals surface area contributed by atoms with E-state index in [2.05, 4.69) is 14.0 Å². The van der Waals surface area contributed by atoms with E-state index in [4.69, 9.17) is 4.89 Å². The fourth-order valence-electron chi connectivity index (χ4n) is 0.469. The number of carbonyl (C=O) groups excluding carboxylic acids is 1. The van der Waals surface area contributed by atoms with Crippen molar-refractivity contribution in [3.8, 4) is 0 Å². The van der Waals surface area contributed by atoms with E-state index in [0.717, 1.165) is 12.8 Å². The maximum Gasteiger partial charge on any atom is 0.510 e. The van der Waals surface area contributed by atoms with Crippen molar-refractivity contribution in [1.82, 2.24) is 0 Å². The summed E-state index contributed by atoms with van der Waals surface area (Å²) in [5, 5.41) is 0. The maximum absolute atomic E-state index is 10.6. The highest BCUT2D eigenvalue weighted by molar-refractivity contribution is 7.32. The lowest BCUT2D eigenvalue weighted by Gasteiger charge is -2.04. The number of hydrogen-bond acceptors (Lipinski definition) is 5. The molecule has 0 rings (SSSR count). The Labute approximate surface area is 76.7 Å². The highest BCUT2D eigenvalue weighted by atomic mass is 31.1. The molecule has 0 bridgehead atoms. The minimum Gasteiger partial charge on any atom is -0.434 e. The molecule has 0 aromatic rings. The van der Waals surface area contributed by atoms with Crippen LogP contribution in [0.3, 0.4) is 0 Å². The van der Waals surface area contributed by atoms with Gasteiger partial charge < -0.3 is 14.4 Å². The van der Waals surface area contributed by atoms with Crippen molar-refractivity contribution >= 4 is 14.4 Å². The molecule has 13 heavy (non-hydrogen) atoms. The first-order chi connectivity index (χ1) is 6.16. The summed E-state index contributed by atoms with van der Waals surface area (Å²) in [5.74, 6) is 0. The number of hydrogen-bond donors (Lipinski definition) is 1. The summed E-state index contributed by atoms with van der Waals surface area (Å²) in [6.07, 6.45) is 0.775. The zero-order valence-electron chi connectivity index (χ0n) is 7.32. The van der Waals surface area contributed by atoms with Gasteiger partial charge in [0, 0.05) is 0 Å². The summed E-state index contributed by atoms with van der Waals surface area (Å²) < 4.78 is 22.9. The first kappa shape index (κ1) is 12.4. The van der Waals surface area contributed by atoms with Crippen LogP contribution in [0, 0.1) is 0 Å². The van der Waals surface area contributed by atoms with E-state index in [-0.39, 0.29) is 6.61 Å². The first-order valence-corrected chi connectivity index (χ1v) is 5.08. The van der Waals surface area contributed by atoms with Crippen LogP contribution in [-0.4, -0.2) is 24.4 Å². The first-order valence-electron chi connectivity index (χ1n) is 3.82. The lowest BCUT2D eigenvalue weighted by Crippen LogP contribution is -2.09. The Bertz CT molecular complexity index is 171. The monoisotopic (exact) mass is 212 g/mol. The largest absolute Gasteiger partial charge is 0.510 e. The minimum absolute atomic E-state index is 0.281. The molecule has 0 heterocycles. The molecule has 0 saturated heterocycles. The van der Waals surface area contributed by atoms with Gasteiger partial charge in [-0.3, -0.25) is 9.09 Å². The fraction of sp³-hybridized carbons (Fsp3) is 0.833. The summed E-state index contributed by atoms with van der Waals surface area (Å²) in [6, 6.07) is 0. The molecule has 0 aliphatic rings. The van der Waals surface area contributed by atoms with Gasteiger partial charge in [0.05, 0.1) is 6.61 Å². The molecule has 0 saturated carbocycles. The van der Waals surface area contributed by atoms with E-state index in [9.17, 15) is 9.36 Å². The quantitative estimate of drug-likeness (QED) is 0.309. The molecule has 1 unspecified atom stereocenters. The summed E-state index contributed by atoms with van der Waals surface area (Å²) in [5.41, 5.74) is 0. The molecular formula is C6H13O6P. The fourth-order valence-corrected chi connectivity index (χ4v) is 0.629. The van der Waals surface area contributed by atoms with Gasteiger partial charge in [-0.05, 0) is 6.42 Å². The van der Waals surface area contributed by atoms with Crippen molar-refractivity contribution in [3.05, 3.63) is 0 Å². The Morgan fingerprint density at radius 1 is 1.46 bits per heavy atom. The zero-order chi connectivity index (χ0) is 10.1. The van der Waals surface area contributed by atoms with E-state index < -0.39 is 21.2 Å². The van der Waals surface area contributed by atoms with E-state index in [1.54, 1.807) is 0 Å². The molecule has 0 fully saturated rings. The third-order valence-electron chi connectivity index (χ3n) is 1.08. The van der Waals surface area contributed by atoms with Crippen LogP contribution in [0.2, 0.25) is 0 Å². The topological polar surface area (TPSA) is 82.1 Å². The van der Waals surface area contributed by atoms with Crippen LogP contribution >= 0.6 is 8.25 Å². The van der Waals surface area contributed by atoms with Crippen molar-refractivity contribution < 1.29 is 28.3 Å². The molecule has 7 heteroatoms. The van der Waals surface area contributed by atoms with E-state index in [1.807, 2.05) is 6.92 Å². The summed E-state index contributed by atoms with van der Waals surface area (Å²) in [7, 11) is -3.04. The SMILES string of the molecule is CCCCOC(=O)OCO[PH](=O)O. The van der Waals surface area contributed by atoms with Gasteiger partial charge in [-0.25, -0.2) is 4.79 Å². The molecule has 0 amide bonds. The number of ether oxygens (including phenoxy) is 2. The average Bonchev–Trinajstić information content (AvgIpc) is 2.04. The predicted octanol–water partition coefficient (Wildman–Crippen LogP) is 1.30. The smallest absolute Gasteiger partial charge is 0.434 e. The molecule has 1 atom stereocenters. The predicted molar refractivity (Wildman–Crippen MR) is 44.5 cm³/mol. The van der Waals surface area contributed by atoms with Gasteiger partial charge in [0.25, 0.3) is 0 Å². The van der Waals surface area contributed by atoms with Crippen molar-refractivity contribution in [2.75, 3.05) is 13.4 Å². The Hall–Kier alpha value is -0.580. The Kier molecular flexibility index (Phi) is 7.68. The van der Waals surface area contributed by atoms with Crippen molar-refractivity contribution in [2.45, 2.75) is 19.8 Å². The molecule has 0 aromatic heterocycles. The van der Waals surface area contributed by atoms with E-state index in [1.165, 1.54) is 0 Å². The summed E-state index contributed by atoms with van der Waals surface area (Å²) in [4.78, 5) is 18.8. The van der Waals surface area contributed by atoms with Crippen LogP contribution in [0.25, 0.3) is 0 Å². The lowest BCUT2D eigenvalue weighted by atomic mass is 10.4. The lowest BCUT2D eigenvalue weighted by molar-refractivity contribution is 0.00370. The molecule has 1 N–H and O–H groups in total. The Balaban J connectivity index is 3.25. The highest BCUT2D eigenvalue weighted by Crippen LogP contribution is 2.13. The third kappa shape index (κ3) is 9.33. The third-order valence-corrected chi connectivity index (χ3v) is 1.44. The maximum atomic E-state index is 10.6. The standard InChI is InChI=1S/C6H13O6P/c1-2-3-4-10-6(7)11-5-12-13(8)9/h13H,2-5H2,1H3,(H,8,9). The molecule has 0 spiro atoms. The zero-order valence-corrected chi connectivity index (χ0v) is 8.32. The van der Waals surface area contributed by atoms with Gasteiger partial charge in [-0.15, -0.1) is 0 Å². The highest BCUT2D eigenvalue weighted by Gasteiger charge is 2.03. The number of carbonyl (C=O) groups is 1. The second kappa shape index (κ2) is 8.04. The van der Waals surface area contributed by atoms with Gasteiger partial charge in [0.15, 0.2) is 0 Å². The Morgan fingerprint density at radius 3 is 2.69 bits per heavy atom. The van der Waals surface area contributed by atoms with Crippen LogP contribution in [0.1, 0.15) is 19.8 Å². The molecular weight excluding hydrogens is 199 g/mol. The van der Waals surface area contributed by atoms with Crippen LogP contribution in [0.4, 0.5) is 4.79 Å². The van der Waals surface area contributed by atoms with Crippen molar-refractivity contribution in [3.63, 3.8) is 0 Å².